The maximum atomic E-state index is 5.42. The molecular weight excluding hydrogens is 280 g/mol. The Bertz CT molecular complexity index is 786. The minimum absolute atomic E-state index is 0.618. The number of hydrogen-bond donors (Lipinski definition) is 1. The van der Waals surface area contributed by atoms with Crippen molar-refractivity contribution in [3.63, 3.8) is 0 Å². The van der Waals surface area contributed by atoms with E-state index in [1.54, 1.807) is 6.20 Å². The van der Waals surface area contributed by atoms with E-state index < -0.39 is 0 Å². The van der Waals surface area contributed by atoms with Crippen molar-refractivity contribution >= 4 is 11.3 Å². The topological polar surface area (TPSA) is 81.5 Å². The van der Waals surface area contributed by atoms with Gasteiger partial charge in [-0.2, -0.15) is 5.10 Å². The Hall–Kier alpha value is -2.28. The van der Waals surface area contributed by atoms with Crippen LogP contribution in [0.5, 0.6) is 0 Å². The molecule has 22 heavy (non-hydrogen) atoms. The molecule has 0 unspecified atom stereocenters. The first-order valence-electron chi connectivity index (χ1n) is 7.57. The lowest BCUT2D eigenvalue weighted by atomic mass is 10.0. The fourth-order valence-electron chi connectivity index (χ4n) is 2.92. The van der Waals surface area contributed by atoms with Crippen molar-refractivity contribution in [2.75, 3.05) is 13.2 Å². The molecule has 3 aromatic heterocycles. The van der Waals surface area contributed by atoms with Crippen molar-refractivity contribution in [2.24, 2.45) is 5.92 Å². The number of aromatic nitrogens is 6. The zero-order valence-electron chi connectivity index (χ0n) is 12.5. The van der Waals surface area contributed by atoms with Crippen LogP contribution in [0.1, 0.15) is 18.5 Å². The average Bonchev–Trinajstić information content (AvgIpc) is 3.15. The van der Waals surface area contributed by atoms with Gasteiger partial charge in [-0.3, -0.25) is 5.10 Å². The lowest BCUT2D eigenvalue weighted by Gasteiger charge is -2.22. The summed E-state index contributed by atoms with van der Waals surface area (Å²) in [5, 5.41) is 7.01. The van der Waals surface area contributed by atoms with Crippen LogP contribution < -0.4 is 0 Å². The van der Waals surface area contributed by atoms with Gasteiger partial charge < -0.3 is 9.30 Å². The third-order valence-corrected chi connectivity index (χ3v) is 4.23. The van der Waals surface area contributed by atoms with Gasteiger partial charge in [-0.1, -0.05) is 0 Å². The summed E-state index contributed by atoms with van der Waals surface area (Å²) in [6.45, 7) is 4.57. The second-order valence-electron chi connectivity index (χ2n) is 5.74. The molecule has 0 aliphatic carbocycles. The molecular formula is C15H18N6O. The number of imidazole rings is 1. The standard InChI is InChI=1S/C15H18N6O/c1-10-12(6-18-20-10)13-7-16-14-15(19-13)21(9-17-14)8-11-2-4-22-5-3-11/h6-7,9,11H,2-5,8H2,1H3,(H,18,20). The Morgan fingerprint density at radius 1 is 1.32 bits per heavy atom. The van der Waals surface area contributed by atoms with E-state index in [9.17, 15) is 0 Å². The molecule has 4 heterocycles. The van der Waals surface area contributed by atoms with Crippen LogP contribution in [-0.4, -0.2) is 42.9 Å². The van der Waals surface area contributed by atoms with Crippen LogP contribution >= 0.6 is 0 Å². The van der Waals surface area contributed by atoms with Gasteiger partial charge in [0.1, 0.15) is 0 Å². The minimum Gasteiger partial charge on any atom is -0.381 e. The first-order valence-corrected chi connectivity index (χ1v) is 7.57. The van der Waals surface area contributed by atoms with Gasteiger partial charge in [0.25, 0.3) is 0 Å². The third kappa shape index (κ3) is 2.37. The van der Waals surface area contributed by atoms with E-state index in [0.717, 1.165) is 55.2 Å². The van der Waals surface area contributed by atoms with Crippen molar-refractivity contribution in [1.29, 1.82) is 0 Å². The Morgan fingerprint density at radius 3 is 2.95 bits per heavy atom. The summed E-state index contributed by atoms with van der Waals surface area (Å²) in [6, 6.07) is 0. The monoisotopic (exact) mass is 298 g/mol. The Kier molecular flexibility index (Phi) is 3.34. The molecule has 0 bridgehead atoms. The van der Waals surface area contributed by atoms with E-state index >= 15 is 0 Å². The van der Waals surface area contributed by atoms with Gasteiger partial charge in [0, 0.05) is 31.5 Å². The van der Waals surface area contributed by atoms with Crippen LogP contribution in [0.15, 0.2) is 18.7 Å². The van der Waals surface area contributed by atoms with Crippen molar-refractivity contribution in [1.82, 2.24) is 29.7 Å². The number of hydrogen-bond acceptors (Lipinski definition) is 5. The van der Waals surface area contributed by atoms with Crippen molar-refractivity contribution in [3.8, 4) is 11.3 Å². The summed E-state index contributed by atoms with van der Waals surface area (Å²) in [5.41, 5.74) is 4.26. The number of ether oxygens (including phenoxy) is 1. The van der Waals surface area contributed by atoms with E-state index in [2.05, 4.69) is 24.7 Å². The molecule has 1 fully saturated rings. The summed E-state index contributed by atoms with van der Waals surface area (Å²) in [4.78, 5) is 13.5. The highest BCUT2D eigenvalue weighted by Crippen LogP contribution is 2.22. The summed E-state index contributed by atoms with van der Waals surface area (Å²) in [5.74, 6) is 0.618. The molecule has 0 aromatic carbocycles. The van der Waals surface area contributed by atoms with E-state index in [1.807, 2.05) is 19.4 Å². The van der Waals surface area contributed by atoms with Gasteiger partial charge in [0.15, 0.2) is 11.3 Å². The van der Waals surface area contributed by atoms with Crippen LogP contribution in [-0.2, 0) is 11.3 Å². The lowest BCUT2D eigenvalue weighted by molar-refractivity contribution is 0.0615. The maximum absolute atomic E-state index is 5.42. The lowest BCUT2D eigenvalue weighted by Crippen LogP contribution is -2.20. The molecule has 0 spiro atoms. The van der Waals surface area contributed by atoms with E-state index in [-0.39, 0.29) is 0 Å². The summed E-state index contributed by atoms with van der Waals surface area (Å²) >= 11 is 0. The molecule has 7 heteroatoms. The minimum atomic E-state index is 0.618. The first kappa shape index (κ1) is 13.4. The summed E-state index contributed by atoms with van der Waals surface area (Å²) in [7, 11) is 0. The Balaban J connectivity index is 1.69. The molecule has 1 N–H and O–H groups in total. The molecule has 1 aliphatic rings. The molecule has 3 aromatic rings. The molecule has 114 valence electrons. The number of nitrogens with zero attached hydrogens (tertiary/aromatic N) is 5. The molecule has 1 saturated heterocycles. The second kappa shape index (κ2) is 5.49. The highest BCUT2D eigenvalue weighted by molar-refractivity contribution is 5.71. The number of nitrogens with one attached hydrogen (secondary N) is 1. The van der Waals surface area contributed by atoms with Crippen molar-refractivity contribution < 1.29 is 4.74 Å². The quantitative estimate of drug-likeness (QED) is 0.799. The van der Waals surface area contributed by atoms with E-state index in [4.69, 9.17) is 9.72 Å². The van der Waals surface area contributed by atoms with Gasteiger partial charge in [0.2, 0.25) is 0 Å². The molecule has 0 radical (unpaired) electrons. The predicted molar refractivity (Wildman–Crippen MR) is 81.2 cm³/mol. The zero-order chi connectivity index (χ0) is 14.9. The fraction of sp³-hybridized carbons (Fsp3) is 0.467. The van der Waals surface area contributed by atoms with Crippen LogP contribution in [0.2, 0.25) is 0 Å². The van der Waals surface area contributed by atoms with Crippen LogP contribution in [0.4, 0.5) is 0 Å². The van der Waals surface area contributed by atoms with Crippen LogP contribution in [0.3, 0.4) is 0 Å². The average molecular weight is 298 g/mol. The van der Waals surface area contributed by atoms with Crippen LogP contribution in [0.25, 0.3) is 22.6 Å². The van der Waals surface area contributed by atoms with Crippen molar-refractivity contribution in [3.05, 3.63) is 24.4 Å². The smallest absolute Gasteiger partial charge is 0.197 e. The van der Waals surface area contributed by atoms with Gasteiger partial charge in [-0.05, 0) is 25.7 Å². The Morgan fingerprint density at radius 2 is 2.18 bits per heavy atom. The first-order chi connectivity index (χ1) is 10.8. The molecule has 0 saturated carbocycles. The molecule has 7 nitrogen and oxygen atoms in total. The second-order valence-corrected chi connectivity index (χ2v) is 5.74. The number of aromatic amines is 1. The zero-order valence-corrected chi connectivity index (χ0v) is 12.5. The highest BCUT2D eigenvalue weighted by Gasteiger charge is 2.17. The fourth-order valence-corrected chi connectivity index (χ4v) is 2.92. The molecule has 0 atom stereocenters. The van der Waals surface area contributed by atoms with E-state index in [1.165, 1.54) is 0 Å². The Labute approximate surface area is 127 Å². The van der Waals surface area contributed by atoms with Crippen molar-refractivity contribution in [2.45, 2.75) is 26.3 Å². The van der Waals surface area contributed by atoms with Gasteiger partial charge in [-0.15, -0.1) is 0 Å². The number of aryl methyl sites for hydroxylation is 1. The van der Waals surface area contributed by atoms with Crippen LogP contribution in [0, 0.1) is 12.8 Å². The summed E-state index contributed by atoms with van der Waals surface area (Å²) < 4.78 is 7.53. The van der Waals surface area contributed by atoms with Gasteiger partial charge in [0.05, 0.1) is 23.9 Å². The molecule has 4 rings (SSSR count). The third-order valence-electron chi connectivity index (χ3n) is 4.23. The van der Waals surface area contributed by atoms with Gasteiger partial charge in [-0.25, -0.2) is 15.0 Å². The predicted octanol–water partition coefficient (Wildman–Crippen LogP) is 1.95. The summed E-state index contributed by atoms with van der Waals surface area (Å²) in [6.07, 6.45) is 7.63. The highest BCUT2D eigenvalue weighted by atomic mass is 16.5. The van der Waals surface area contributed by atoms with Gasteiger partial charge >= 0.3 is 0 Å². The molecule has 0 amide bonds. The SMILES string of the molecule is Cc1n[nH]cc1-c1cnc2ncn(CC3CCOCC3)c2n1. The van der Waals surface area contributed by atoms with E-state index in [0.29, 0.717) is 11.6 Å². The number of fused-ring (bicyclic) bond motifs is 1. The largest absolute Gasteiger partial charge is 0.381 e. The maximum Gasteiger partial charge on any atom is 0.197 e. The number of rotatable bonds is 3. The number of H-pyrrole nitrogens is 1. The normalized spacial score (nSPS) is 16.4. The molecule has 1 aliphatic heterocycles.